The summed E-state index contributed by atoms with van der Waals surface area (Å²) in [5, 5.41) is 8.03. The molecule has 0 aromatic heterocycles. The van der Waals surface area contributed by atoms with Crippen LogP contribution >= 0.6 is 0 Å². The van der Waals surface area contributed by atoms with Crippen LogP contribution in [0.1, 0.15) is 31.8 Å². The topological polar surface area (TPSA) is 128 Å². The third-order valence-corrected chi connectivity index (χ3v) is 6.13. The number of hydrogen-bond acceptors (Lipinski definition) is 7. The number of ether oxygens (including phenoxy) is 2. The largest absolute Gasteiger partial charge is 0.465 e. The van der Waals surface area contributed by atoms with E-state index in [4.69, 9.17) is 14.6 Å². The molecule has 0 spiro atoms. The van der Waals surface area contributed by atoms with E-state index in [0.29, 0.717) is 43.2 Å². The monoisotopic (exact) mass is 447 g/mol. The fourth-order valence-electron chi connectivity index (χ4n) is 3.41. The number of amides is 1. The number of primary sulfonamides is 1. The van der Waals surface area contributed by atoms with Crippen molar-refractivity contribution in [3.8, 4) is 0 Å². The number of esters is 1. The van der Waals surface area contributed by atoms with Gasteiger partial charge in [-0.15, -0.1) is 0 Å². The number of sulfonamides is 1. The van der Waals surface area contributed by atoms with Crippen LogP contribution in [0.5, 0.6) is 0 Å². The van der Waals surface area contributed by atoms with Crippen LogP contribution < -0.4 is 15.4 Å². The van der Waals surface area contributed by atoms with Crippen LogP contribution in [0, 0.1) is 13.8 Å². The predicted molar refractivity (Wildman–Crippen MR) is 116 cm³/mol. The molecule has 9 nitrogen and oxygen atoms in total. The summed E-state index contributed by atoms with van der Waals surface area (Å²) < 4.78 is 33.9. The molecule has 1 aliphatic rings. The van der Waals surface area contributed by atoms with E-state index in [-0.39, 0.29) is 10.5 Å². The summed E-state index contributed by atoms with van der Waals surface area (Å²) in [7, 11) is -2.71. The molecule has 166 valence electrons. The van der Waals surface area contributed by atoms with Crippen molar-refractivity contribution in [2.24, 2.45) is 5.14 Å². The number of nitrogens with two attached hydrogens (primary N) is 1. The second-order valence-electron chi connectivity index (χ2n) is 7.23. The molecule has 31 heavy (non-hydrogen) atoms. The Morgan fingerprint density at radius 1 is 1.10 bits per heavy atom. The van der Waals surface area contributed by atoms with Crippen molar-refractivity contribution >= 4 is 33.3 Å². The first-order valence-electron chi connectivity index (χ1n) is 9.62. The van der Waals surface area contributed by atoms with Crippen LogP contribution in [-0.4, -0.2) is 53.7 Å². The van der Waals surface area contributed by atoms with Gasteiger partial charge in [0.15, 0.2) is 0 Å². The number of methoxy groups -OCH3 is 1. The quantitative estimate of drug-likeness (QED) is 0.669. The average Bonchev–Trinajstić information content (AvgIpc) is 2.75. The van der Waals surface area contributed by atoms with Crippen LogP contribution in [0.4, 0.5) is 11.4 Å². The number of carbonyl (C=O) groups excluding carboxylic acids is 2. The number of benzene rings is 2. The van der Waals surface area contributed by atoms with Gasteiger partial charge in [0.1, 0.15) is 0 Å². The number of carbonyl (C=O) groups is 2. The van der Waals surface area contributed by atoms with Crippen LogP contribution in [0.15, 0.2) is 35.2 Å². The normalized spacial score (nSPS) is 14.3. The number of hydrogen-bond donors (Lipinski definition) is 2. The number of aryl methyl sites for hydroxylation is 1. The Balaban J connectivity index is 2.02. The van der Waals surface area contributed by atoms with Gasteiger partial charge in [0.25, 0.3) is 5.91 Å². The Kier molecular flexibility index (Phi) is 6.63. The van der Waals surface area contributed by atoms with E-state index in [1.807, 2.05) is 11.8 Å². The summed E-state index contributed by atoms with van der Waals surface area (Å²) in [4.78, 5) is 27.0. The molecule has 1 saturated heterocycles. The highest BCUT2D eigenvalue weighted by Gasteiger charge is 2.22. The van der Waals surface area contributed by atoms with E-state index in [1.54, 1.807) is 19.1 Å². The number of rotatable bonds is 5. The molecule has 0 radical (unpaired) electrons. The van der Waals surface area contributed by atoms with Crippen LogP contribution in [0.2, 0.25) is 0 Å². The van der Waals surface area contributed by atoms with Crippen LogP contribution in [-0.2, 0) is 19.5 Å². The fourth-order valence-corrected chi connectivity index (χ4v) is 3.95. The second kappa shape index (κ2) is 9.04. The van der Waals surface area contributed by atoms with Gasteiger partial charge in [-0.25, -0.2) is 18.4 Å². The Labute approximate surface area is 181 Å². The lowest BCUT2D eigenvalue weighted by Crippen LogP contribution is -2.37. The average molecular weight is 448 g/mol. The van der Waals surface area contributed by atoms with Crippen molar-refractivity contribution in [2.75, 3.05) is 43.6 Å². The molecule has 2 aromatic rings. The van der Waals surface area contributed by atoms with Gasteiger partial charge < -0.3 is 19.7 Å². The highest BCUT2D eigenvalue weighted by molar-refractivity contribution is 7.89. The fraction of sp³-hybridized carbons (Fsp3) is 0.333. The van der Waals surface area contributed by atoms with Gasteiger partial charge in [-0.05, 0) is 55.3 Å². The van der Waals surface area contributed by atoms with E-state index >= 15 is 0 Å². The molecule has 0 saturated carbocycles. The summed E-state index contributed by atoms with van der Waals surface area (Å²) in [6.45, 7) is 5.73. The van der Waals surface area contributed by atoms with Gasteiger partial charge in [-0.3, -0.25) is 4.79 Å². The van der Waals surface area contributed by atoms with Crippen LogP contribution in [0.3, 0.4) is 0 Å². The lowest BCUT2D eigenvalue weighted by molar-refractivity contribution is 0.0599. The molecule has 3 rings (SSSR count). The van der Waals surface area contributed by atoms with Crippen LogP contribution in [0.25, 0.3) is 0 Å². The summed E-state index contributed by atoms with van der Waals surface area (Å²) >= 11 is 0. The lowest BCUT2D eigenvalue weighted by atomic mass is 10.0. The minimum Gasteiger partial charge on any atom is -0.465 e. The standard InChI is InChI=1S/C21H25N3O6S/c1-13-10-15(11-17(14(13)2)21(26)29-3)23-20(25)18-12-16(31(22,27)28)4-5-19(18)24-6-8-30-9-7-24/h4-5,10-12H,6-9H2,1-3H3,(H,23,25)(H2,22,27,28). The summed E-state index contributed by atoms with van der Waals surface area (Å²) in [6, 6.07) is 7.47. The SMILES string of the molecule is COC(=O)c1cc(NC(=O)c2cc(S(N)(=O)=O)ccc2N2CCOCC2)cc(C)c1C. The molecular weight excluding hydrogens is 422 g/mol. The maximum Gasteiger partial charge on any atom is 0.338 e. The lowest BCUT2D eigenvalue weighted by Gasteiger charge is -2.30. The second-order valence-corrected chi connectivity index (χ2v) is 8.80. The molecule has 1 aliphatic heterocycles. The van der Waals surface area contributed by atoms with E-state index in [2.05, 4.69) is 5.32 Å². The Bertz CT molecular complexity index is 1120. The molecule has 0 unspecified atom stereocenters. The van der Waals surface area contributed by atoms with Crippen molar-refractivity contribution in [1.82, 2.24) is 0 Å². The molecule has 2 aromatic carbocycles. The van der Waals surface area contributed by atoms with Gasteiger partial charge >= 0.3 is 5.97 Å². The molecule has 0 aliphatic carbocycles. The minimum absolute atomic E-state index is 0.159. The predicted octanol–water partition coefficient (Wildman–Crippen LogP) is 1.83. The molecule has 1 fully saturated rings. The summed E-state index contributed by atoms with van der Waals surface area (Å²) in [6.07, 6.45) is 0. The Morgan fingerprint density at radius 2 is 1.77 bits per heavy atom. The zero-order valence-electron chi connectivity index (χ0n) is 17.6. The van der Waals surface area contributed by atoms with Gasteiger partial charge in [0, 0.05) is 24.5 Å². The summed E-state index contributed by atoms with van der Waals surface area (Å²) in [5.74, 6) is -1.03. The zero-order chi connectivity index (χ0) is 22.8. The van der Waals surface area contributed by atoms with Gasteiger partial charge in [-0.1, -0.05) is 0 Å². The molecule has 1 amide bonds. The number of anilines is 2. The van der Waals surface area contributed by atoms with E-state index < -0.39 is 21.9 Å². The maximum atomic E-state index is 13.2. The molecule has 1 heterocycles. The number of nitrogens with one attached hydrogen (secondary N) is 1. The van der Waals surface area contributed by atoms with Crippen molar-refractivity contribution in [3.05, 3.63) is 52.6 Å². The minimum atomic E-state index is -4.00. The summed E-state index contributed by atoms with van der Waals surface area (Å²) in [5.41, 5.74) is 3.00. The highest BCUT2D eigenvalue weighted by atomic mass is 32.2. The third-order valence-electron chi connectivity index (χ3n) is 5.22. The van der Waals surface area contributed by atoms with Crippen molar-refractivity contribution in [3.63, 3.8) is 0 Å². The van der Waals surface area contributed by atoms with Crippen molar-refractivity contribution in [2.45, 2.75) is 18.7 Å². The molecule has 0 bridgehead atoms. The van der Waals surface area contributed by atoms with E-state index in [1.165, 1.54) is 25.3 Å². The number of nitrogens with zero attached hydrogens (tertiary/aromatic N) is 1. The zero-order valence-corrected chi connectivity index (χ0v) is 18.4. The maximum absolute atomic E-state index is 13.2. The highest BCUT2D eigenvalue weighted by Crippen LogP contribution is 2.27. The Hall–Kier alpha value is -2.95. The first-order valence-corrected chi connectivity index (χ1v) is 11.2. The molecule has 0 atom stereocenters. The first-order chi connectivity index (χ1) is 14.6. The van der Waals surface area contributed by atoms with Crippen molar-refractivity contribution < 1.29 is 27.5 Å². The van der Waals surface area contributed by atoms with Gasteiger partial charge in [0.05, 0.1) is 36.3 Å². The van der Waals surface area contributed by atoms with Gasteiger partial charge in [-0.2, -0.15) is 0 Å². The van der Waals surface area contributed by atoms with Gasteiger partial charge in [0.2, 0.25) is 10.0 Å². The molecule has 3 N–H and O–H groups in total. The first kappa shape index (κ1) is 22.7. The number of morpholine rings is 1. The Morgan fingerprint density at radius 3 is 2.39 bits per heavy atom. The van der Waals surface area contributed by atoms with E-state index in [9.17, 15) is 18.0 Å². The smallest absolute Gasteiger partial charge is 0.338 e. The molecule has 10 heteroatoms. The molecular formula is C21H25N3O6S. The van der Waals surface area contributed by atoms with Crippen molar-refractivity contribution in [1.29, 1.82) is 0 Å². The third kappa shape index (κ3) is 5.04. The van der Waals surface area contributed by atoms with E-state index in [0.717, 1.165) is 11.1 Å².